The van der Waals surface area contributed by atoms with Crippen molar-refractivity contribution in [1.82, 2.24) is 8.87 Å². The van der Waals surface area contributed by atoms with E-state index in [1.165, 1.54) is 17.1 Å². The Kier molecular flexibility index (Phi) is 4.91. The van der Waals surface area contributed by atoms with Gasteiger partial charge in [-0.25, -0.2) is 22.0 Å². The summed E-state index contributed by atoms with van der Waals surface area (Å²) in [7, 11) is -2.28. The molecule has 152 valence electrons. The molecule has 1 aliphatic rings. The number of carbonyl (C=O) groups excluding carboxylic acids is 2. The lowest BCUT2D eigenvalue weighted by Gasteiger charge is -2.30. The lowest BCUT2D eigenvalue weighted by molar-refractivity contribution is 0.0224. The first-order valence-corrected chi connectivity index (χ1v) is 10.7. The minimum Gasteiger partial charge on any atom is -0.465 e. The van der Waals surface area contributed by atoms with Crippen LogP contribution in [0.1, 0.15) is 42.4 Å². The highest BCUT2D eigenvalue weighted by atomic mass is 32.2. The van der Waals surface area contributed by atoms with Gasteiger partial charge in [0.25, 0.3) is 0 Å². The van der Waals surface area contributed by atoms with Crippen molar-refractivity contribution in [2.75, 3.05) is 19.9 Å². The second-order valence-corrected chi connectivity index (χ2v) is 9.66. The molecule has 0 saturated heterocycles. The van der Waals surface area contributed by atoms with Gasteiger partial charge in [0.2, 0.25) is 10.0 Å². The first kappa shape index (κ1) is 20.2. The number of ether oxygens (including phenoxy) is 2. The van der Waals surface area contributed by atoms with Crippen LogP contribution in [0, 0.1) is 0 Å². The molecule has 0 radical (unpaired) electrons. The van der Waals surface area contributed by atoms with Gasteiger partial charge in [0.15, 0.2) is 0 Å². The largest absolute Gasteiger partial charge is 0.465 e. The minimum atomic E-state index is -3.57. The summed E-state index contributed by atoms with van der Waals surface area (Å²) in [5.74, 6) is -0.512. The molecule has 1 aromatic heterocycles. The predicted octanol–water partition coefficient (Wildman–Crippen LogP) is 2.53. The lowest BCUT2D eigenvalue weighted by Crippen LogP contribution is -2.40. The van der Waals surface area contributed by atoms with Crippen LogP contribution < -0.4 is 0 Å². The van der Waals surface area contributed by atoms with Crippen LogP contribution in [0.4, 0.5) is 4.79 Å². The Hall–Kier alpha value is -2.55. The van der Waals surface area contributed by atoms with Crippen LogP contribution in [0.3, 0.4) is 0 Å². The summed E-state index contributed by atoms with van der Waals surface area (Å²) in [4.78, 5) is 26.0. The number of fused-ring (bicyclic) bond motifs is 3. The molecular weight excluding hydrogens is 384 g/mol. The van der Waals surface area contributed by atoms with Crippen LogP contribution in [0.25, 0.3) is 10.9 Å². The van der Waals surface area contributed by atoms with Gasteiger partial charge < -0.3 is 14.4 Å². The Morgan fingerprint density at radius 3 is 2.43 bits per heavy atom. The molecule has 1 amide bonds. The summed E-state index contributed by atoms with van der Waals surface area (Å²) in [6.45, 7) is 5.92. The highest BCUT2D eigenvalue weighted by molar-refractivity contribution is 7.89. The van der Waals surface area contributed by atoms with Gasteiger partial charge in [0, 0.05) is 29.6 Å². The zero-order valence-corrected chi connectivity index (χ0v) is 17.4. The molecule has 0 bridgehead atoms. The summed E-state index contributed by atoms with van der Waals surface area (Å²) in [6.07, 6.45) is 1.05. The van der Waals surface area contributed by atoms with Crippen molar-refractivity contribution in [3.63, 3.8) is 0 Å². The van der Waals surface area contributed by atoms with E-state index in [2.05, 4.69) is 0 Å². The van der Waals surface area contributed by atoms with Crippen LogP contribution in [-0.4, -0.2) is 54.9 Å². The number of aromatic nitrogens is 1. The fourth-order valence-electron chi connectivity index (χ4n) is 3.42. The Morgan fingerprint density at radius 1 is 1.18 bits per heavy atom. The van der Waals surface area contributed by atoms with Crippen molar-refractivity contribution in [1.29, 1.82) is 0 Å². The summed E-state index contributed by atoms with van der Waals surface area (Å²) in [5.41, 5.74) is 1.49. The molecule has 8 nitrogen and oxygen atoms in total. The summed E-state index contributed by atoms with van der Waals surface area (Å²) in [5, 5.41) is 0.608. The molecule has 28 heavy (non-hydrogen) atoms. The maximum absolute atomic E-state index is 12.5. The number of nitrogens with zero attached hydrogens (tertiary/aromatic N) is 2. The summed E-state index contributed by atoms with van der Waals surface area (Å²) >= 11 is 0. The van der Waals surface area contributed by atoms with E-state index in [0.717, 1.165) is 6.26 Å². The van der Waals surface area contributed by atoms with Gasteiger partial charge in [-0.2, -0.15) is 0 Å². The molecule has 1 aromatic carbocycles. The predicted molar refractivity (Wildman–Crippen MR) is 104 cm³/mol. The number of esters is 1. The number of methoxy groups -OCH3 is 1. The third kappa shape index (κ3) is 3.71. The van der Waals surface area contributed by atoms with Crippen LogP contribution >= 0.6 is 0 Å². The van der Waals surface area contributed by atoms with Crippen LogP contribution in [0.15, 0.2) is 18.2 Å². The normalized spacial score (nSPS) is 14.7. The quantitative estimate of drug-likeness (QED) is 0.709. The third-order valence-corrected chi connectivity index (χ3v) is 5.59. The van der Waals surface area contributed by atoms with Crippen LogP contribution in [0.5, 0.6) is 0 Å². The van der Waals surface area contributed by atoms with Crippen molar-refractivity contribution in [2.45, 2.75) is 39.3 Å². The van der Waals surface area contributed by atoms with Gasteiger partial charge in [-0.15, -0.1) is 0 Å². The van der Waals surface area contributed by atoms with Gasteiger partial charge in [0.1, 0.15) is 5.60 Å². The Bertz CT molecular complexity index is 1060. The number of amides is 1. The Morgan fingerprint density at radius 2 is 1.86 bits per heavy atom. The van der Waals surface area contributed by atoms with Crippen LogP contribution in [0.2, 0.25) is 0 Å². The van der Waals surface area contributed by atoms with Crippen molar-refractivity contribution >= 4 is 33.0 Å². The number of hydrogen-bond acceptors (Lipinski definition) is 6. The van der Waals surface area contributed by atoms with E-state index in [9.17, 15) is 18.0 Å². The number of carbonyl (C=O) groups is 2. The SMILES string of the molecule is COC(=O)c1ccc2c(c1)c1c(n2S(C)(=O)=O)CCN(C(=O)OC(C)(C)C)C1. The van der Waals surface area contributed by atoms with E-state index < -0.39 is 27.7 Å². The maximum atomic E-state index is 12.5. The van der Waals surface area contributed by atoms with Crippen LogP contribution in [-0.2, 0) is 32.5 Å². The van der Waals surface area contributed by atoms with Crippen molar-refractivity contribution < 1.29 is 27.5 Å². The second kappa shape index (κ2) is 6.80. The third-order valence-electron chi connectivity index (χ3n) is 4.51. The molecule has 0 N–H and O–H groups in total. The van der Waals surface area contributed by atoms with Gasteiger partial charge in [-0.3, -0.25) is 0 Å². The Labute approximate surface area is 164 Å². The standard InChI is InChI=1S/C19H24N2O6S/c1-19(2,3)27-18(23)20-9-8-16-14(11-20)13-10-12(17(22)26-4)6-7-15(13)21(16)28(5,24)25/h6-7,10H,8-9,11H2,1-5H3. The van der Waals surface area contributed by atoms with Crippen molar-refractivity contribution in [3.8, 4) is 0 Å². The summed E-state index contributed by atoms with van der Waals surface area (Å²) in [6, 6.07) is 4.74. The molecule has 1 aliphatic heterocycles. The van der Waals surface area contributed by atoms with E-state index in [4.69, 9.17) is 9.47 Å². The average molecular weight is 408 g/mol. The van der Waals surface area contributed by atoms with E-state index in [-0.39, 0.29) is 6.54 Å². The molecule has 0 spiro atoms. The fraction of sp³-hybridized carbons (Fsp3) is 0.474. The number of hydrogen-bond donors (Lipinski definition) is 0. The maximum Gasteiger partial charge on any atom is 0.410 e. The van der Waals surface area contributed by atoms with E-state index in [0.29, 0.717) is 40.7 Å². The molecule has 2 heterocycles. The number of rotatable bonds is 2. The second-order valence-electron chi connectivity index (χ2n) is 7.83. The Balaban J connectivity index is 2.13. The van der Waals surface area contributed by atoms with E-state index in [1.54, 1.807) is 37.8 Å². The molecule has 3 rings (SSSR count). The molecular formula is C19H24N2O6S. The van der Waals surface area contributed by atoms with E-state index >= 15 is 0 Å². The molecule has 0 atom stereocenters. The van der Waals surface area contributed by atoms with Crippen molar-refractivity contribution in [2.24, 2.45) is 0 Å². The molecule has 0 unspecified atom stereocenters. The van der Waals surface area contributed by atoms with Gasteiger partial charge in [-0.05, 0) is 39.0 Å². The zero-order chi connectivity index (χ0) is 20.9. The first-order chi connectivity index (χ1) is 12.9. The first-order valence-electron chi connectivity index (χ1n) is 8.85. The average Bonchev–Trinajstić information content (AvgIpc) is 2.92. The molecule has 9 heteroatoms. The monoisotopic (exact) mass is 408 g/mol. The minimum absolute atomic E-state index is 0.202. The molecule has 0 aliphatic carbocycles. The lowest BCUT2D eigenvalue weighted by atomic mass is 10.0. The summed E-state index contributed by atoms with van der Waals surface area (Å²) < 4.78 is 36.4. The highest BCUT2D eigenvalue weighted by Gasteiger charge is 2.31. The highest BCUT2D eigenvalue weighted by Crippen LogP contribution is 2.33. The molecule has 2 aromatic rings. The van der Waals surface area contributed by atoms with Gasteiger partial charge >= 0.3 is 12.1 Å². The van der Waals surface area contributed by atoms with Gasteiger partial charge in [0.05, 0.1) is 31.0 Å². The van der Waals surface area contributed by atoms with Crippen molar-refractivity contribution in [3.05, 3.63) is 35.0 Å². The number of benzene rings is 1. The molecule has 0 fully saturated rings. The van der Waals surface area contributed by atoms with E-state index in [1.807, 2.05) is 0 Å². The smallest absolute Gasteiger partial charge is 0.410 e. The fourth-order valence-corrected chi connectivity index (χ4v) is 4.54. The zero-order valence-electron chi connectivity index (χ0n) is 16.6. The topological polar surface area (TPSA) is 94.9 Å². The van der Waals surface area contributed by atoms with Gasteiger partial charge in [-0.1, -0.05) is 0 Å². The molecule has 0 saturated carbocycles.